The molecule has 0 aromatic carbocycles. The molecule has 0 amide bonds. The van der Waals surface area contributed by atoms with Crippen molar-refractivity contribution in [2.45, 2.75) is 71.3 Å². The summed E-state index contributed by atoms with van der Waals surface area (Å²) in [5.74, 6) is -1.47. The van der Waals surface area contributed by atoms with Crippen LogP contribution in [0.1, 0.15) is 72.1 Å². The van der Waals surface area contributed by atoms with Gasteiger partial charge in [-0.15, -0.1) is 0 Å². The van der Waals surface area contributed by atoms with Crippen LogP contribution in [-0.4, -0.2) is 50.9 Å². The third-order valence-electron chi connectivity index (χ3n) is 7.45. The van der Waals surface area contributed by atoms with E-state index in [1.165, 1.54) is 24.2 Å². The van der Waals surface area contributed by atoms with Gasteiger partial charge in [0.05, 0.1) is 16.9 Å². The highest BCUT2D eigenvalue weighted by Gasteiger charge is 2.27. The highest BCUT2D eigenvalue weighted by Crippen LogP contribution is 2.35. The van der Waals surface area contributed by atoms with Gasteiger partial charge in [0.25, 0.3) is 11.1 Å². The van der Waals surface area contributed by atoms with Crippen molar-refractivity contribution in [1.29, 1.82) is 0 Å². The zero-order valence-electron chi connectivity index (χ0n) is 21.0. The lowest BCUT2D eigenvalue weighted by Gasteiger charge is -2.31. The van der Waals surface area contributed by atoms with Crippen molar-refractivity contribution in [2.24, 2.45) is 11.8 Å². The Kier molecular flexibility index (Phi) is 7.40. The van der Waals surface area contributed by atoms with Gasteiger partial charge in [-0.2, -0.15) is 5.10 Å². The Morgan fingerprint density at radius 1 is 1.25 bits per heavy atom. The lowest BCUT2D eigenvalue weighted by Crippen LogP contribution is -2.32. The second-order valence-corrected chi connectivity index (χ2v) is 11.6. The van der Waals surface area contributed by atoms with Gasteiger partial charge in [0.1, 0.15) is 0 Å². The quantitative estimate of drug-likeness (QED) is 0.329. The molecule has 0 bridgehead atoms. The predicted molar refractivity (Wildman–Crippen MR) is 136 cm³/mol. The van der Waals surface area contributed by atoms with Crippen molar-refractivity contribution in [3.63, 3.8) is 0 Å². The Hall–Kier alpha value is -2.39. The number of hydrogen-bond acceptors (Lipinski definition) is 6. The van der Waals surface area contributed by atoms with Crippen LogP contribution in [0.15, 0.2) is 24.4 Å². The van der Waals surface area contributed by atoms with Gasteiger partial charge in [-0.3, -0.25) is 9.69 Å². The topological polar surface area (TPSA) is 59.7 Å². The Labute approximate surface area is 214 Å². The summed E-state index contributed by atoms with van der Waals surface area (Å²) in [7, 11) is 0. The Balaban J connectivity index is 1.06. The number of carbonyl (C=O) groups excluding carboxylic acids is 1. The summed E-state index contributed by atoms with van der Waals surface area (Å²) in [5, 5.41) is 4.78. The van der Waals surface area contributed by atoms with Crippen molar-refractivity contribution in [2.75, 3.05) is 19.7 Å². The first-order valence-corrected chi connectivity index (χ1v) is 13.7. The zero-order valence-corrected chi connectivity index (χ0v) is 21.8. The van der Waals surface area contributed by atoms with E-state index in [4.69, 9.17) is 4.74 Å². The van der Waals surface area contributed by atoms with Crippen LogP contribution < -0.4 is 4.74 Å². The van der Waals surface area contributed by atoms with E-state index in [9.17, 15) is 13.6 Å². The van der Waals surface area contributed by atoms with E-state index in [1.54, 1.807) is 4.52 Å². The minimum Gasteiger partial charge on any atom is -0.464 e. The Morgan fingerprint density at radius 3 is 2.81 bits per heavy atom. The average molecular weight is 517 g/mol. The molecule has 5 rings (SSSR count). The molecule has 1 saturated carbocycles. The normalized spacial score (nSPS) is 21.0. The van der Waals surface area contributed by atoms with Gasteiger partial charge in [-0.05, 0) is 69.2 Å². The maximum atomic E-state index is 13.1. The summed E-state index contributed by atoms with van der Waals surface area (Å²) in [5.41, 5.74) is 3.58. The molecule has 0 saturated heterocycles. The molecule has 0 spiro atoms. The average Bonchev–Trinajstić information content (AvgIpc) is 3.43. The second-order valence-electron chi connectivity index (χ2n) is 10.6. The number of alkyl halides is 2. The van der Waals surface area contributed by atoms with E-state index in [1.807, 2.05) is 31.3 Å². The molecule has 3 aromatic heterocycles. The van der Waals surface area contributed by atoms with Crippen molar-refractivity contribution in [3.05, 3.63) is 46.2 Å². The third-order valence-corrected chi connectivity index (χ3v) is 8.52. The first kappa shape index (κ1) is 25.3. The number of carbonyl (C=O) groups is 1. The molecule has 9 heteroatoms. The van der Waals surface area contributed by atoms with Crippen molar-refractivity contribution in [3.8, 4) is 5.19 Å². The highest BCUT2D eigenvalue weighted by atomic mass is 32.1. The van der Waals surface area contributed by atoms with E-state index >= 15 is 0 Å². The molecule has 6 nitrogen and oxygen atoms in total. The molecule has 0 unspecified atom stereocenters. The maximum absolute atomic E-state index is 13.1. The first-order chi connectivity index (χ1) is 17.2. The van der Waals surface area contributed by atoms with Gasteiger partial charge in [0.15, 0.2) is 12.4 Å². The van der Waals surface area contributed by atoms with Crippen LogP contribution in [0.2, 0.25) is 0 Å². The van der Waals surface area contributed by atoms with E-state index in [2.05, 4.69) is 15.0 Å². The fraction of sp³-hybridized carbons (Fsp3) is 0.593. The number of pyridine rings is 1. The van der Waals surface area contributed by atoms with Crippen LogP contribution in [0.3, 0.4) is 0 Å². The molecule has 3 aromatic rings. The highest BCUT2D eigenvalue weighted by molar-refractivity contribution is 7.13. The summed E-state index contributed by atoms with van der Waals surface area (Å²) in [6.45, 7) is 4.94. The summed E-state index contributed by atoms with van der Waals surface area (Å²) < 4.78 is 33.2. The van der Waals surface area contributed by atoms with Gasteiger partial charge >= 0.3 is 0 Å². The molecule has 0 atom stereocenters. The van der Waals surface area contributed by atoms with Crippen LogP contribution in [0.4, 0.5) is 8.78 Å². The molecule has 1 aliphatic heterocycles. The zero-order chi connectivity index (χ0) is 25.3. The lowest BCUT2D eigenvalue weighted by atomic mass is 9.78. The van der Waals surface area contributed by atoms with Gasteiger partial charge in [0, 0.05) is 43.1 Å². The molecular formula is C27H34F2N4O2S. The number of Topliss-reactive ketones (excluding diaryl/α,β-unsaturated/α-hetero) is 1. The Morgan fingerprint density at radius 2 is 2.03 bits per heavy atom. The third kappa shape index (κ3) is 6.11. The summed E-state index contributed by atoms with van der Waals surface area (Å²) in [6, 6.07) is 5.80. The van der Waals surface area contributed by atoms with Crippen molar-refractivity contribution in [1.82, 2.24) is 19.5 Å². The minimum absolute atomic E-state index is 0.224. The number of rotatable bonds is 9. The number of halogens is 2. The van der Waals surface area contributed by atoms with E-state index in [-0.39, 0.29) is 5.78 Å². The first-order valence-electron chi connectivity index (χ1n) is 12.9. The number of thiazole rings is 1. The fourth-order valence-corrected chi connectivity index (χ4v) is 6.41. The second kappa shape index (κ2) is 10.5. The van der Waals surface area contributed by atoms with Crippen molar-refractivity contribution >= 4 is 22.6 Å². The number of ether oxygens (including phenoxy) is 1. The minimum atomic E-state index is -2.85. The van der Waals surface area contributed by atoms with Gasteiger partial charge < -0.3 is 4.74 Å². The van der Waals surface area contributed by atoms with Crippen LogP contribution in [0.5, 0.6) is 5.19 Å². The number of nitrogens with zero attached hydrogens (tertiary/aromatic N) is 4. The van der Waals surface area contributed by atoms with Crippen LogP contribution in [0, 0.1) is 18.8 Å². The molecule has 0 radical (unpaired) electrons. The number of ketones is 1. The Bertz CT molecular complexity index is 1210. The molecule has 4 heterocycles. The summed E-state index contributed by atoms with van der Waals surface area (Å²) in [4.78, 5) is 21.1. The molecular weight excluding hydrogens is 482 g/mol. The summed E-state index contributed by atoms with van der Waals surface area (Å²) in [6.07, 6.45) is 9.12. The number of hydrogen-bond donors (Lipinski definition) is 0. The predicted octanol–water partition coefficient (Wildman–Crippen LogP) is 5.96. The SMILES string of the molecule is Cc1cc2c(C(=O)CC3CCC(CCN4CCc5sc(OCC(C)(F)F)nc5C4)CC3)cccn2n1. The largest absolute Gasteiger partial charge is 0.464 e. The molecule has 1 aliphatic carbocycles. The number of aromatic nitrogens is 3. The van der Waals surface area contributed by atoms with E-state index in [0.29, 0.717) is 23.5 Å². The monoisotopic (exact) mass is 516 g/mol. The van der Waals surface area contributed by atoms with Crippen LogP contribution in [0.25, 0.3) is 5.52 Å². The molecule has 36 heavy (non-hydrogen) atoms. The fourth-order valence-electron chi connectivity index (χ4n) is 5.51. The maximum Gasteiger partial charge on any atom is 0.278 e. The van der Waals surface area contributed by atoms with Crippen LogP contribution >= 0.6 is 11.3 Å². The summed E-state index contributed by atoms with van der Waals surface area (Å²) >= 11 is 1.40. The smallest absolute Gasteiger partial charge is 0.278 e. The molecule has 194 valence electrons. The van der Waals surface area contributed by atoms with E-state index in [0.717, 1.165) is 79.6 Å². The van der Waals surface area contributed by atoms with Crippen molar-refractivity contribution < 1.29 is 18.3 Å². The van der Waals surface area contributed by atoms with Gasteiger partial charge in [-0.25, -0.2) is 18.3 Å². The molecule has 0 N–H and O–H groups in total. The molecule has 1 fully saturated rings. The molecule has 2 aliphatic rings. The van der Waals surface area contributed by atoms with Crippen LogP contribution in [-0.2, 0) is 13.0 Å². The number of fused-ring (bicyclic) bond motifs is 2. The van der Waals surface area contributed by atoms with Gasteiger partial charge in [-0.1, -0.05) is 24.2 Å². The van der Waals surface area contributed by atoms with Gasteiger partial charge in [0.2, 0.25) is 0 Å². The lowest BCUT2D eigenvalue weighted by molar-refractivity contribution is -0.0230. The van der Waals surface area contributed by atoms with E-state index < -0.39 is 12.5 Å². The standard InChI is InChI=1S/C27H34F2N4O2S/c1-18-14-23-21(4-3-11-33(23)31-18)24(34)15-20-7-5-19(6-8-20)9-12-32-13-10-25-22(16-32)30-26(36-25)35-17-27(2,28)29/h3-4,11,14,19-20H,5-10,12-13,15-17H2,1-2H3. The number of aryl methyl sites for hydroxylation is 1.